The van der Waals surface area contributed by atoms with E-state index in [1.807, 2.05) is 12.3 Å². The average Bonchev–Trinajstić information content (AvgIpc) is 3.00. The Bertz CT molecular complexity index is 472. The molecule has 0 spiro atoms. The van der Waals surface area contributed by atoms with Gasteiger partial charge in [0.25, 0.3) is 0 Å². The third-order valence-corrected chi connectivity index (χ3v) is 3.30. The highest BCUT2D eigenvalue weighted by Crippen LogP contribution is 2.20. The molecule has 5 nitrogen and oxygen atoms in total. The van der Waals surface area contributed by atoms with Gasteiger partial charge < -0.3 is 18.9 Å². The van der Waals surface area contributed by atoms with Gasteiger partial charge in [-0.05, 0) is 12.1 Å². The summed E-state index contributed by atoms with van der Waals surface area (Å²) in [5.74, 6) is 0. The van der Waals surface area contributed by atoms with Gasteiger partial charge in [-0.2, -0.15) is 0 Å². The normalized spacial score (nSPS) is 18.4. The first-order chi connectivity index (χ1) is 8.84. The van der Waals surface area contributed by atoms with Crippen LogP contribution in [-0.4, -0.2) is 48.5 Å². The van der Waals surface area contributed by atoms with Gasteiger partial charge in [0, 0.05) is 31.4 Å². The van der Waals surface area contributed by atoms with Crippen LogP contribution in [0.15, 0.2) is 24.4 Å². The summed E-state index contributed by atoms with van der Waals surface area (Å²) in [6, 6.07) is 4.08. The lowest BCUT2D eigenvalue weighted by atomic mass is 10.3. The maximum absolute atomic E-state index is 11.8. The molecule has 18 heavy (non-hydrogen) atoms. The van der Waals surface area contributed by atoms with Crippen molar-refractivity contribution >= 4 is 11.8 Å². The topological polar surface area (TPSA) is 43.7 Å². The molecule has 3 rings (SSSR count). The van der Waals surface area contributed by atoms with Gasteiger partial charge in [0.05, 0.1) is 18.9 Å². The zero-order chi connectivity index (χ0) is 12.4. The van der Waals surface area contributed by atoms with E-state index in [9.17, 15) is 4.79 Å². The highest BCUT2D eigenvalue weighted by atomic mass is 16.6. The molecular weight excluding hydrogens is 232 g/mol. The fourth-order valence-electron chi connectivity index (χ4n) is 2.28. The summed E-state index contributed by atoms with van der Waals surface area (Å²) in [7, 11) is 0. The van der Waals surface area contributed by atoms with E-state index in [2.05, 4.69) is 16.7 Å². The number of rotatable bonds is 2. The number of carbonyl (C=O) groups excluding carboxylic acids is 1. The van der Waals surface area contributed by atoms with Crippen LogP contribution in [0.3, 0.4) is 0 Å². The molecule has 96 valence electrons. The smallest absolute Gasteiger partial charge is 0.410 e. The number of amides is 1. The lowest BCUT2D eigenvalue weighted by Crippen LogP contribution is -2.41. The molecule has 0 N–H and O–H groups in total. The van der Waals surface area contributed by atoms with Crippen molar-refractivity contribution in [2.45, 2.75) is 6.42 Å². The number of aromatic nitrogens is 1. The van der Waals surface area contributed by atoms with Gasteiger partial charge in [0.2, 0.25) is 0 Å². The summed E-state index contributed by atoms with van der Waals surface area (Å²) in [4.78, 5) is 13.5. The van der Waals surface area contributed by atoms with Crippen molar-refractivity contribution in [2.24, 2.45) is 0 Å². The third-order valence-electron chi connectivity index (χ3n) is 3.30. The minimum absolute atomic E-state index is 0.250. The Morgan fingerprint density at radius 2 is 2.22 bits per heavy atom. The van der Waals surface area contributed by atoms with Crippen LogP contribution in [0.5, 0.6) is 0 Å². The van der Waals surface area contributed by atoms with Crippen LogP contribution in [-0.2, 0) is 15.9 Å². The first-order valence-corrected chi connectivity index (χ1v) is 6.20. The van der Waals surface area contributed by atoms with Crippen molar-refractivity contribution in [1.29, 1.82) is 0 Å². The van der Waals surface area contributed by atoms with E-state index in [0.717, 1.165) is 12.1 Å². The van der Waals surface area contributed by atoms with Crippen molar-refractivity contribution in [3.8, 4) is 0 Å². The zero-order valence-corrected chi connectivity index (χ0v) is 10.2. The number of allylic oxidation sites excluding steroid dienone is 1. The highest BCUT2D eigenvalue weighted by Gasteiger charge is 2.19. The second kappa shape index (κ2) is 4.86. The Hall–Kier alpha value is -1.75. The molecule has 5 heteroatoms. The molecule has 0 radical (unpaired) electrons. The van der Waals surface area contributed by atoms with Crippen LogP contribution < -0.4 is 0 Å². The van der Waals surface area contributed by atoms with Gasteiger partial charge in [0.1, 0.15) is 6.61 Å². The first kappa shape index (κ1) is 11.3. The highest BCUT2D eigenvalue weighted by molar-refractivity contribution is 5.69. The molecule has 1 aromatic rings. The molecule has 1 saturated heterocycles. The molecule has 0 bridgehead atoms. The van der Waals surface area contributed by atoms with Gasteiger partial charge in [-0.1, -0.05) is 6.08 Å². The van der Waals surface area contributed by atoms with Gasteiger partial charge >= 0.3 is 6.09 Å². The largest absolute Gasteiger partial charge is 0.443 e. The van der Waals surface area contributed by atoms with Crippen molar-refractivity contribution in [3.05, 3.63) is 30.1 Å². The zero-order valence-electron chi connectivity index (χ0n) is 10.2. The predicted molar refractivity (Wildman–Crippen MR) is 66.1 cm³/mol. The third kappa shape index (κ3) is 2.13. The Morgan fingerprint density at radius 1 is 1.39 bits per heavy atom. The molecule has 1 fully saturated rings. The molecule has 0 saturated carbocycles. The van der Waals surface area contributed by atoms with Crippen molar-refractivity contribution in [1.82, 2.24) is 9.47 Å². The van der Waals surface area contributed by atoms with Gasteiger partial charge in [0.15, 0.2) is 0 Å². The molecule has 1 aromatic heterocycles. The lowest BCUT2D eigenvalue weighted by molar-refractivity contribution is 0.0304. The molecule has 0 aliphatic carbocycles. The molecule has 0 unspecified atom stereocenters. The van der Waals surface area contributed by atoms with Gasteiger partial charge in [-0.15, -0.1) is 0 Å². The summed E-state index contributed by atoms with van der Waals surface area (Å²) >= 11 is 0. The van der Waals surface area contributed by atoms with E-state index in [1.54, 1.807) is 4.90 Å². The molecule has 2 aliphatic heterocycles. The Kier molecular flexibility index (Phi) is 3.06. The molecule has 1 amide bonds. The minimum atomic E-state index is -0.250. The maximum Gasteiger partial charge on any atom is 0.410 e. The van der Waals surface area contributed by atoms with Gasteiger partial charge in [-0.25, -0.2) is 4.79 Å². The summed E-state index contributed by atoms with van der Waals surface area (Å²) < 4.78 is 12.6. The fourth-order valence-corrected chi connectivity index (χ4v) is 2.28. The second-order valence-electron chi connectivity index (χ2n) is 4.42. The number of nitrogens with zero attached hydrogens (tertiary/aromatic N) is 2. The molecule has 2 aliphatic rings. The Labute approximate surface area is 106 Å². The molecule has 0 atom stereocenters. The molecule has 0 aromatic carbocycles. The van der Waals surface area contributed by atoms with Crippen molar-refractivity contribution < 1.29 is 14.3 Å². The van der Waals surface area contributed by atoms with Crippen LogP contribution in [0.2, 0.25) is 0 Å². The van der Waals surface area contributed by atoms with Crippen LogP contribution in [0.25, 0.3) is 5.70 Å². The number of hydrogen-bond acceptors (Lipinski definition) is 3. The summed E-state index contributed by atoms with van der Waals surface area (Å²) in [6.07, 6.45) is 4.76. The van der Waals surface area contributed by atoms with Gasteiger partial charge in [-0.3, -0.25) is 0 Å². The van der Waals surface area contributed by atoms with E-state index in [1.165, 1.54) is 5.69 Å². The van der Waals surface area contributed by atoms with Crippen LogP contribution in [0.4, 0.5) is 4.79 Å². The molecular formula is C13H16N2O3. The van der Waals surface area contributed by atoms with E-state index in [4.69, 9.17) is 9.47 Å². The van der Waals surface area contributed by atoms with Crippen LogP contribution in [0, 0.1) is 0 Å². The summed E-state index contributed by atoms with van der Waals surface area (Å²) in [5, 5.41) is 0. The molecule has 3 heterocycles. The monoisotopic (exact) mass is 248 g/mol. The van der Waals surface area contributed by atoms with E-state index >= 15 is 0 Å². The van der Waals surface area contributed by atoms with E-state index in [0.29, 0.717) is 32.9 Å². The van der Waals surface area contributed by atoms with E-state index in [-0.39, 0.29) is 6.09 Å². The number of carbonyl (C=O) groups is 1. The van der Waals surface area contributed by atoms with Crippen LogP contribution >= 0.6 is 0 Å². The minimum Gasteiger partial charge on any atom is -0.443 e. The number of morpholine rings is 1. The van der Waals surface area contributed by atoms with E-state index < -0.39 is 0 Å². The van der Waals surface area contributed by atoms with Crippen molar-refractivity contribution in [2.75, 3.05) is 32.9 Å². The quantitative estimate of drug-likeness (QED) is 0.793. The number of ether oxygens (including phenoxy) is 2. The second-order valence-corrected chi connectivity index (χ2v) is 4.42. The maximum atomic E-state index is 11.8. The first-order valence-electron chi connectivity index (χ1n) is 6.20. The summed E-state index contributed by atoms with van der Waals surface area (Å²) in [6.45, 7) is 2.76. The average molecular weight is 248 g/mol. The number of hydrogen-bond donors (Lipinski definition) is 0. The van der Waals surface area contributed by atoms with Crippen LogP contribution in [0.1, 0.15) is 5.69 Å². The summed E-state index contributed by atoms with van der Waals surface area (Å²) in [5.41, 5.74) is 2.28. The van der Waals surface area contributed by atoms with Crippen molar-refractivity contribution in [3.63, 3.8) is 0 Å². The number of fused-ring (bicyclic) bond motifs is 1. The predicted octanol–water partition coefficient (Wildman–Crippen LogP) is 1.35. The SMILES string of the molecule is O=C(OCC1=CCc2cccn21)N1CCOCC1. The lowest BCUT2D eigenvalue weighted by Gasteiger charge is -2.26. The Morgan fingerprint density at radius 3 is 3.06 bits per heavy atom. The standard InChI is InChI=1S/C13H16N2O3/c16-13(14-6-8-17-9-7-14)18-10-12-4-3-11-2-1-5-15(11)12/h1-2,4-5H,3,6-10H2. The fraction of sp³-hybridized carbons (Fsp3) is 0.462. The Balaban J connectivity index is 1.54.